The van der Waals surface area contributed by atoms with Crippen LogP contribution in [0.25, 0.3) is 0 Å². The maximum Gasteiger partial charge on any atom is 0.337 e. The zero-order chi connectivity index (χ0) is 21.7. The van der Waals surface area contributed by atoms with Crippen molar-refractivity contribution in [2.75, 3.05) is 32.1 Å². The summed E-state index contributed by atoms with van der Waals surface area (Å²) in [6.07, 6.45) is 1.41. The molecule has 3 rings (SSSR count). The summed E-state index contributed by atoms with van der Waals surface area (Å²) in [6.45, 7) is -0.0532. The number of aliphatic hydroxyl groups excluding tert-OH is 1. The van der Waals surface area contributed by atoms with Crippen molar-refractivity contribution in [1.29, 1.82) is 0 Å². The third-order valence-corrected chi connectivity index (χ3v) is 4.30. The molecule has 0 radical (unpaired) electrons. The van der Waals surface area contributed by atoms with Gasteiger partial charge >= 0.3 is 5.97 Å². The molecule has 30 heavy (non-hydrogen) atoms. The summed E-state index contributed by atoms with van der Waals surface area (Å²) < 4.78 is 10.4. The topological polar surface area (TPSA) is 144 Å². The molecule has 1 aliphatic heterocycles. The molecule has 1 aromatic carbocycles. The molecular weight excluding hydrogens is 392 g/mol. The molecule has 0 unspecified atom stereocenters. The van der Waals surface area contributed by atoms with Crippen LogP contribution in [-0.4, -0.2) is 59.6 Å². The van der Waals surface area contributed by atoms with Crippen molar-refractivity contribution in [2.45, 2.75) is 0 Å². The van der Waals surface area contributed by atoms with Crippen molar-refractivity contribution >= 4 is 23.5 Å². The largest absolute Gasteiger partial charge is 0.466 e. The Morgan fingerprint density at radius 3 is 2.60 bits per heavy atom. The Morgan fingerprint density at radius 1 is 1.23 bits per heavy atom. The predicted molar refractivity (Wildman–Crippen MR) is 106 cm³/mol. The van der Waals surface area contributed by atoms with E-state index in [1.54, 1.807) is 30.3 Å². The first kappa shape index (κ1) is 20.8. The van der Waals surface area contributed by atoms with Crippen molar-refractivity contribution < 1.29 is 29.0 Å². The number of anilines is 1. The lowest BCUT2D eigenvalue weighted by atomic mass is 10.2. The van der Waals surface area contributed by atoms with E-state index >= 15 is 0 Å². The number of rotatable bonds is 8. The minimum absolute atomic E-state index is 0.0554. The summed E-state index contributed by atoms with van der Waals surface area (Å²) in [5.41, 5.74) is 6.13. The van der Waals surface area contributed by atoms with Gasteiger partial charge in [-0.2, -0.15) is 0 Å². The van der Waals surface area contributed by atoms with E-state index in [4.69, 9.17) is 20.3 Å². The van der Waals surface area contributed by atoms with Gasteiger partial charge in [-0.3, -0.25) is 14.6 Å². The van der Waals surface area contributed by atoms with Crippen molar-refractivity contribution in [2.24, 2.45) is 5.73 Å². The fraction of sp³-hybridized carbons (Fsp3) is 0.200. The lowest BCUT2D eigenvalue weighted by Gasteiger charge is -2.15. The minimum atomic E-state index is -0.661. The maximum absolute atomic E-state index is 12.5. The van der Waals surface area contributed by atoms with Gasteiger partial charge in [0.1, 0.15) is 22.9 Å². The summed E-state index contributed by atoms with van der Waals surface area (Å²) in [6, 6.07) is 9.63. The fourth-order valence-corrected chi connectivity index (χ4v) is 2.85. The van der Waals surface area contributed by atoms with Gasteiger partial charge in [-0.15, -0.1) is 0 Å². The first-order chi connectivity index (χ1) is 14.4. The van der Waals surface area contributed by atoms with Crippen LogP contribution < -0.4 is 15.8 Å². The van der Waals surface area contributed by atoms with Gasteiger partial charge in [0, 0.05) is 24.5 Å². The molecule has 0 saturated carbocycles. The SMILES string of the molecule is COC(=O)C1=C(Nc2ccc(Oc3ccnc(C(N)=O)c3)cc2)C(=O)N(CCO)C1. The Morgan fingerprint density at radius 2 is 1.97 bits per heavy atom. The van der Waals surface area contributed by atoms with Crippen molar-refractivity contribution in [3.63, 3.8) is 0 Å². The fourth-order valence-electron chi connectivity index (χ4n) is 2.85. The van der Waals surface area contributed by atoms with Crippen molar-refractivity contribution in [3.05, 3.63) is 59.6 Å². The van der Waals surface area contributed by atoms with Crippen LogP contribution in [0.5, 0.6) is 11.5 Å². The Labute approximate surface area is 171 Å². The van der Waals surface area contributed by atoms with Crippen LogP contribution in [0.2, 0.25) is 0 Å². The number of hydrogen-bond acceptors (Lipinski definition) is 8. The normalized spacial score (nSPS) is 13.4. The zero-order valence-corrected chi connectivity index (χ0v) is 16.1. The predicted octanol–water partition coefficient (Wildman–Crippen LogP) is 0.646. The van der Waals surface area contributed by atoms with E-state index in [2.05, 4.69) is 10.3 Å². The second-order valence-corrected chi connectivity index (χ2v) is 6.29. The van der Waals surface area contributed by atoms with Crippen LogP contribution in [0.4, 0.5) is 5.69 Å². The molecule has 156 valence electrons. The summed E-state index contributed by atoms with van der Waals surface area (Å²) in [5.74, 6) is -0.814. The second-order valence-electron chi connectivity index (χ2n) is 6.29. The van der Waals surface area contributed by atoms with E-state index in [-0.39, 0.29) is 36.7 Å². The number of carbonyl (C=O) groups excluding carboxylic acids is 3. The molecule has 10 nitrogen and oxygen atoms in total. The molecule has 10 heteroatoms. The van der Waals surface area contributed by atoms with Crippen LogP contribution in [0, 0.1) is 0 Å². The highest BCUT2D eigenvalue weighted by Crippen LogP contribution is 2.26. The standard InChI is InChI=1S/C20H20N4O6/c1-29-20(28)15-11-24(8-9-25)19(27)17(15)23-12-2-4-13(5-3-12)30-14-6-7-22-16(10-14)18(21)26/h2-7,10,23,25H,8-9,11H2,1H3,(H2,21,26). The number of nitrogens with two attached hydrogens (primary N) is 1. The summed E-state index contributed by atoms with van der Waals surface area (Å²) in [4.78, 5) is 41.0. The van der Waals surface area contributed by atoms with E-state index in [1.165, 1.54) is 24.3 Å². The molecule has 0 atom stereocenters. The average Bonchev–Trinajstić information content (AvgIpc) is 3.05. The van der Waals surface area contributed by atoms with E-state index in [0.29, 0.717) is 17.2 Å². The molecule has 0 spiro atoms. The number of pyridine rings is 1. The number of nitrogens with one attached hydrogen (secondary N) is 1. The second kappa shape index (κ2) is 9.05. The highest BCUT2D eigenvalue weighted by molar-refractivity contribution is 6.08. The monoisotopic (exact) mass is 412 g/mol. The van der Waals surface area contributed by atoms with E-state index in [0.717, 1.165) is 0 Å². The molecule has 0 aliphatic carbocycles. The zero-order valence-electron chi connectivity index (χ0n) is 16.1. The minimum Gasteiger partial charge on any atom is -0.466 e. The molecule has 2 aromatic rings. The molecule has 0 saturated heterocycles. The molecule has 0 bridgehead atoms. The Hall–Kier alpha value is -3.92. The molecular formula is C20H20N4O6. The van der Waals surface area contributed by atoms with Crippen molar-refractivity contribution in [3.8, 4) is 11.5 Å². The van der Waals surface area contributed by atoms with Crippen LogP contribution in [0.1, 0.15) is 10.5 Å². The molecule has 0 fully saturated rings. The molecule has 4 N–H and O–H groups in total. The van der Waals surface area contributed by atoms with Gasteiger partial charge in [-0.25, -0.2) is 4.79 Å². The van der Waals surface area contributed by atoms with Gasteiger partial charge in [-0.05, 0) is 30.3 Å². The Kier molecular flexibility index (Phi) is 6.28. The quantitative estimate of drug-likeness (QED) is 0.536. The molecule has 2 amide bonds. The number of ether oxygens (including phenoxy) is 2. The number of esters is 1. The van der Waals surface area contributed by atoms with Gasteiger partial charge in [0.05, 0.1) is 25.8 Å². The molecule has 2 heterocycles. The summed E-state index contributed by atoms with van der Waals surface area (Å²) >= 11 is 0. The van der Waals surface area contributed by atoms with Crippen molar-refractivity contribution in [1.82, 2.24) is 9.88 Å². The smallest absolute Gasteiger partial charge is 0.337 e. The number of amides is 2. The van der Waals surface area contributed by atoms with Crippen LogP contribution in [-0.2, 0) is 14.3 Å². The van der Waals surface area contributed by atoms with Gasteiger partial charge in [0.25, 0.3) is 11.8 Å². The number of β-amino-alcohol motifs (C(OH)–C–C–N with tert-alkyl or cyclic N) is 1. The van der Waals surface area contributed by atoms with Crippen LogP contribution in [0.3, 0.4) is 0 Å². The lowest BCUT2D eigenvalue weighted by Crippen LogP contribution is -2.31. The highest BCUT2D eigenvalue weighted by atomic mass is 16.5. The van der Waals surface area contributed by atoms with Crippen LogP contribution in [0.15, 0.2) is 53.9 Å². The number of benzene rings is 1. The van der Waals surface area contributed by atoms with Gasteiger partial charge in [-0.1, -0.05) is 0 Å². The molecule has 1 aromatic heterocycles. The van der Waals surface area contributed by atoms with Crippen LogP contribution >= 0.6 is 0 Å². The number of hydrogen-bond donors (Lipinski definition) is 3. The summed E-state index contributed by atoms with van der Waals surface area (Å²) in [5, 5.41) is 12.0. The summed E-state index contributed by atoms with van der Waals surface area (Å²) in [7, 11) is 1.24. The van der Waals surface area contributed by atoms with Gasteiger partial charge in [0.2, 0.25) is 0 Å². The number of nitrogens with zero attached hydrogens (tertiary/aromatic N) is 2. The van der Waals surface area contributed by atoms with E-state index in [1.807, 2.05) is 0 Å². The number of aliphatic hydroxyl groups is 1. The third kappa shape index (κ3) is 4.55. The first-order valence-corrected chi connectivity index (χ1v) is 8.95. The lowest BCUT2D eigenvalue weighted by molar-refractivity contribution is -0.136. The maximum atomic E-state index is 12.5. The van der Waals surface area contributed by atoms with E-state index < -0.39 is 17.8 Å². The van der Waals surface area contributed by atoms with E-state index in [9.17, 15) is 14.4 Å². The van der Waals surface area contributed by atoms with Gasteiger partial charge < -0.3 is 30.5 Å². The average molecular weight is 412 g/mol. The number of primary amides is 1. The van der Waals surface area contributed by atoms with Gasteiger partial charge in [0.15, 0.2) is 0 Å². The number of methoxy groups -OCH3 is 1. The third-order valence-electron chi connectivity index (χ3n) is 4.30. The number of carbonyl (C=O) groups is 3. The Balaban J connectivity index is 1.75. The molecule has 1 aliphatic rings. The number of aromatic nitrogens is 1. The highest BCUT2D eigenvalue weighted by Gasteiger charge is 2.34. The Bertz CT molecular complexity index is 1000. The first-order valence-electron chi connectivity index (χ1n) is 8.95.